The highest BCUT2D eigenvalue weighted by atomic mass is 127. The van der Waals surface area contributed by atoms with E-state index in [4.69, 9.17) is 0 Å². The molecule has 2 heterocycles. The Labute approximate surface area is 344 Å². The van der Waals surface area contributed by atoms with Crippen molar-refractivity contribution in [3.63, 3.8) is 0 Å². The summed E-state index contributed by atoms with van der Waals surface area (Å²) in [7, 11) is 0. The number of hydrogen-bond donors (Lipinski definition) is 0. The number of halogens is 1. The van der Waals surface area contributed by atoms with Crippen LogP contribution in [0.5, 0.6) is 0 Å². The van der Waals surface area contributed by atoms with Crippen LogP contribution in [0.1, 0.15) is 77.6 Å². The zero-order valence-corrected chi connectivity index (χ0v) is 35.8. The Hall–Kier alpha value is -5.13. The van der Waals surface area contributed by atoms with Crippen LogP contribution in [-0.2, 0) is 10.8 Å². The minimum absolute atomic E-state index is 0. The molecular formula is C52H53IN2. The first-order chi connectivity index (χ1) is 26.3. The van der Waals surface area contributed by atoms with E-state index in [1.54, 1.807) is 0 Å². The Morgan fingerprint density at radius 2 is 0.655 bits per heavy atom. The van der Waals surface area contributed by atoms with Crippen LogP contribution >= 0.6 is 24.0 Å². The summed E-state index contributed by atoms with van der Waals surface area (Å²) in [5, 5.41) is 5.09. The molecule has 2 nitrogen and oxygen atoms in total. The Morgan fingerprint density at radius 3 is 1.05 bits per heavy atom. The first-order valence-corrected chi connectivity index (χ1v) is 19.6. The van der Waals surface area contributed by atoms with Gasteiger partial charge in [0.15, 0.2) is 0 Å². The van der Waals surface area contributed by atoms with Gasteiger partial charge in [-0.1, -0.05) is 171 Å². The van der Waals surface area contributed by atoms with Crippen LogP contribution in [0.2, 0.25) is 0 Å². The van der Waals surface area contributed by atoms with E-state index in [1.807, 2.05) is 27.7 Å². The molecule has 55 heavy (non-hydrogen) atoms. The van der Waals surface area contributed by atoms with Gasteiger partial charge < -0.3 is 9.13 Å². The molecular weight excluding hydrogens is 779 g/mol. The number of rotatable bonds is 6. The van der Waals surface area contributed by atoms with Crippen molar-refractivity contribution < 1.29 is 0 Å². The van der Waals surface area contributed by atoms with E-state index >= 15 is 0 Å². The average molecular weight is 833 g/mol. The summed E-state index contributed by atoms with van der Waals surface area (Å²) in [5.41, 5.74) is 12.2. The van der Waals surface area contributed by atoms with Gasteiger partial charge in [0.2, 0.25) is 0 Å². The second-order valence-corrected chi connectivity index (χ2v) is 14.7. The van der Waals surface area contributed by atoms with Gasteiger partial charge in [0.25, 0.3) is 0 Å². The van der Waals surface area contributed by atoms with E-state index < -0.39 is 0 Å². The van der Waals surface area contributed by atoms with Crippen molar-refractivity contribution in [3.05, 3.63) is 192 Å². The number of aromatic nitrogens is 2. The maximum atomic E-state index is 2.43. The normalized spacial score (nSPS) is 11.5. The van der Waals surface area contributed by atoms with Gasteiger partial charge in [-0.2, -0.15) is 0 Å². The third-order valence-electron chi connectivity index (χ3n) is 11.1. The summed E-state index contributed by atoms with van der Waals surface area (Å²) < 4.78 is 4.86. The molecule has 0 bridgehead atoms. The van der Waals surface area contributed by atoms with Crippen molar-refractivity contribution in [2.75, 3.05) is 0 Å². The quantitative estimate of drug-likeness (QED) is 0.148. The molecule has 0 atom stereocenters. The number of nitrogens with zero attached hydrogens (tertiary/aromatic N) is 2. The predicted molar refractivity (Wildman–Crippen MR) is 250 cm³/mol. The molecule has 9 aromatic rings. The molecule has 0 aliphatic carbocycles. The van der Waals surface area contributed by atoms with Crippen LogP contribution in [0.15, 0.2) is 170 Å². The lowest BCUT2D eigenvalue weighted by atomic mass is 9.78. The van der Waals surface area contributed by atoms with E-state index in [-0.39, 0.29) is 34.8 Å². The maximum Gasteiger partial charge on any atom is 0.0541 e. The van der Waals surface area contributed by atoms with Crippen molar-refractivity contribution in [1.29, 1.82) is 0 Å². The zero-order valence-electron chi connectivity index (χ0n) is 33.5. The van der Waals surface area contributed by atoms with E-state index in [0.29, 0.717) is 0 Å². The smallest absolute Gasteiger partial charge is 0.0541 e. The molecule has 2 aromatic heterocycles. The van der Waals surface area contributed by atoms with Gasteiger partial charge in [0, 0.05) is 43.7 Å². The molecule has 0 saturated heterocycles. The van der Waals surface area contributed by atoms with Gasteiger partial charge in [-0.3, -0.25) is 0 Å². The minimum Gasteiger partial charge on any atom is -0.309 e. The summed E-state index contributed by atoms with van der Waals surface area (Å²) in [6.45, 7) is 17.3. The molecule has 278 valence electrons. The summed E-state index contributed by atoms with van der Waals surface area (Å²) >= 11 is 0. The van der Waals surface area contributed by atoms with Gasteiger partial charge in [0.1, 0.15) is 0 Å². The highest BCUT2D eigenvalue weighted by Gasteiger charge is 2.26. The fourth-order valence-electron chi connectivity index (χ4n) is 8.09. The zero-order chi connectivity index (χ0) is 38.0. The lowest BCUT2D eigenvalue weighted by molar-refractivity contribution is 0.642. The van der Waals surface area contributed by atoms with Crippen molar-refractivity contribution in [3.8, 4) is 11.4 Å². The molecule has 9 rings (SSSR count). The average Bonchev–Trinajstić information content (AvgIpc) is 3.75. The number of para-hydroxylation sites is 2. The monoisotopic (exact) mass is 832 g/mol. The molecule has 0 unspecified atom stereocenters. The first kappa shape index (κ1) is 39.6. The number of fused-ring (bicyclic) bond motifs is 6. The van der Waals surface area contributed by atoms with Crippen molar-refractivity contribution in [2.45, 2.75) is 66.2 Å². The summed E-state index contributed by atoms with van der Waals surface area (Å²) in [4.78, 5) is 0. The second kappa shape index (κ2) is 16.3. The highest BCUT2D eigenvalue weighted by molar-refractivity contribution is 14.0. The predicted octanol–water partition coefficient (Wildman–Crippen LogP) is 15.2. The van der Waals surface area contributed by atoms with Crippen LogP contribution in [0, 0.1) is 0 Å². The molecule has 0 fully saturated rings. The fourth-order valence-corrected chi connectivity index (χ4v) is 8.09. The topological polar surface area (TPSA) is 9.86 Å². The largest absolute Gasteiger partial charge is 0.309 e. The summed E-state index contributed by atoms with van der Waals surface area (Å²) in [6, 6.07) is 62.4. The summed E-state index contributed by atoms with van der Waals surface area (Å²) in [5.74, 6) is 0. The SMILES string of the molecule is CC.CC.CC(C)(c1ccccc1)c1ccc2c(c1)c1ccccc1n2-c1cccc(-n2c3ccccc3c3cc(C(C)(C)c4ccccc4)ccc32)c1.I. The lowest BCUT2D eigenvalue weighted by Crippen LogP contribution is -2.18. The van der Waals surface area contributed by atoms with Gasteiger partial charge in [-0.05, 0) is 76.9 Å². The molecule has 0 radical (unpaired) electrons. The lowest BCUT2D eigenvalue weighted by Gasteiger charge is -2.26. The molecule has 0 aliphatic rings. The van der Waals surface area contributed by atoms with Crippen LogP contribution in [0.3, 0.4) is 0 Å². The third-order valence-corrected chi connectivity index (χ3v) is 11.1. The van der Waals surface area contributed by atoms with Crippen molar-refractivity contribution in [1.82, 2.24) is 9.13 Å². The summed E-state index contributed by atoms with van der Waals surface area (Å²) in [6.07, 6.45) is 0. The van der Waals surface area contributed by atoms with Crippen LogP contribution in [0.25, 0.3) is 55.0 Å². The maximum absolute atomic E-state index is 2.43. The van der Waals surface area contributed by atoms with E-state index in [1.165, 1.54) is 65.9 Å². The molecule has 0 spiro atoms. The molecule has 0 amide bonds. The van der Waals surface area contributed by atoms with Crippen molar-refractivity contribution in [2.24, 2.45) is 0 Å². The second-order valence-electron chi connectivity index (χ2n) is 14.7. The Kier molecular flexibility index (Phi) is 11.7. The Balaban J connectivity index is 0.000000998. The number of benzene rings is 7. The highest BCUT2D eigenvalue weighted by Crippen LogP contribution is 2.40. The molecule has 0 N–H and O–H groups in total. The van der Waals surface area contributed by atoms with Crippen molar-refractivity contribution >= 4 is 67.6 Å². The van der Waals surface area contributed by atoms with E-state index in [0.717, 1.165) is 11.4 Å². The van der Waals surface area contributed by atoms with Crippen LogP contribution in [-0.4, -0.2) is 9.13 Å². The molecule has 0 saturated carbocycles. The third kappa shape index (κ3) is 6.89. The Bertz CT molecular complexity index is 2510. The van der Waals surface area contributed by atoms with Gasteiger partial charge in [0.05, 0.1) is 22.1 Å². The number of hydrogen-bond acceptors (Lipinski definition) is 0. The van der Waals surface area contributed by atoms with Gasteiger partial charge in [-0.15, -0.1) is 24.0 Å². The van der Waals surface area contributed by atoms with Crippen LogP contribution in [0.4, 0.5) is 0 Å². The standard InChI is InChI=1S/C48H40N2.2C2H6.HI/c1-47(2,33-16-7-5-8-17-33)35-26-28-45-41(30-35)39-22-11-13-24-43(39)49(45)37-20-15-21-38(32-37)50-44-25-14-12-23-40(44)42-31-36(27-29-46(42)50)48(3,4)34-18-9-6-10-19-34;2*1-2;/h5-32H,1-4H3;2*1-2H3;1H. The first-order valence-electron chi connectivity index (χ1n) is 19.6. The van der Waals surface area contributed by atoms with Crippen LogP contribution < -0.4 is 0 Å². The minimum atomic E-state index is -0.120. The van der Waals surface area contributed by atoms with Gasteiger partial charge >= 0.3 is 0 Å². The molecule has 0 aliphatic heterocycles. The molecule has 3 heteroatoms. The van der Waals surface area contributed by atoms with Gasteiger partial charge in [-0.25, -0.2) is 0 Å². The van der Waals surface area contributed by atoms with E-state index in [9.17, 15) is 0 Å². The van der Waals surface area contributed by atoms with E-state index in [2.05, 4.69) is 207 Å². The Morgan fingerprint density at radius 1 is 0.309 bits per heavy atom. The fraction of sp³-hybridized carbons (Fsp3) is 0.192. The molecule has 7 aromatic carbocycles.